The summed E-state index contributed by atoms with van der Waals surface area (Å²) in [6.07, 6.45) is 0.343. The molecule has 0 saturated carbocycles. The monoisotopic (exact) mass is 263 g/mol. The minimum absolute atomic E-state index is 0.0869. The van der Waals surface area contributed by atoms with Crippen molar-refractivity contribution < 1.29 is 13.5 Å². The van der Waals surface area contributed by atoms with Crippen molar-refractivity contribution in [1.82, 2.24) is 0 Å². The second kappa shape index (κ2) is 5.80. The van der Waals surface area contributed by atoms with Crippen LogP contribution in [0, 0.1) is 18.6 Å². The lowest BCUT2D eigenvalue weighted by Crippen LogP contribution is -2.06. The van der Waals surface area contributed by atoms with Gasteiger partial charge in [0.1, 0.15) is 11.6 Å². The molecule has 0 heterocycles. The zero-order chi connectivity index (χ0) is 13.8. The van der Waals surface area contributed by atoms with Gasteiger partial charge in [-0.1, -0.05) is 18.2 Å². The number of nitrogens with two attached hydrogens (primary N) is 1. The Morgan fingerprint density at radius 2 is 1.74 bits per heavy atom. The topological polar surface area (TPSA) is 35.2 Å². The van der Waals surface area contributed by atoms with Crippen LogP contribution < -0.4 is 10.5 Å². The molecule has 0 spiro atoms. The summed E-state index contributed by atoms with van der Waals surface area (Å²) < 4.78 is 33.0. The minimum Gasteiger partial charge on any atom is -0.454 e. The first-order chi connectivity index (χ1) is 9.13. The van der Waals surface area contributed by atoms with Crippen LogP contribution in [-0.4, -0.2) is 6.54 Å². The van der Waals surface area contributed by atoms with Gasteiger partial charge in [-0.15, -0.1) is 0 Å². The predicted molar refractivity (Wildman–Crippen MR) is 70.4 cm³/mol. The summed E-state index contributed by atoms with van der Waals surface area (Å²) in [4.78, 5) is 0. The summed E-state index contributed by atoms with van der Waals surface area (Å²) in [6, 6.07) is 9.32. The molecule has 2 aromatic rings. The van der Waals surface area contributed by atoms with E-state index in [1.165, 1.54) is 18.2 Å². The fraction of sp³-hybridized carbons (Fsp3) is 0.200. The van der Waals surface area contributed by atoms with E-state index in [0.29, 0.717) is 29.8 Å². The van der Waals surface area contributed by atoms with Gasteiger partial charge in [-0.3, -0.25) is 0 Å². The van der Waals surface area contributed by atoms with Crippen LogP contribution in [0.2, 0.25) is 0 Å². The van der Waals surface area contributed by atoms with Crippen molar-refractivity contribution in [3.05, 3.63) is 59.2 Å². The van der Waals surface area contributed by atoms with Crippen LogP contribution in [0.15, 0.2) is 36.4 Å². The van der Waals surface area contributed by atoms with Gasteiger partial charge < -0.3 is 10.5 Å². The van der Waals surface area contributed by atoms with Crippen molar-refractivity contribution >= 4 is 0 Å². The van der Waals surface area contributed by atoms with Crippen LogP contribution in [0.3, 0.4) is 0 Å². The highest BCUT2D eigenvalue weighted by Crippen LogP contribution is 2.30. The molecule has 2 rings (SSSR count). The number of ether oxygens (including phenoxy) is 1. The smallest absolute Gasteiger partial charge is 0.168 e. The van der Waals surface area contributed by atoms with Crippen molar-refractivity contribution in [2.75, 3.05) is 6.54 Å². The molecular formula is C15H15F2NO. The molecule has 2 nitrogen and oxygen atoms in total. The second-order valence-corrected chi connectivity index (χ2v) is 4.24. The Morgan fingerprint density at radius 1 is 1.05 bits per heavy atom. The molecule has 0 aliphatic heterocycles. The third kappa shape index (κ3) is 2.90. The number of benzene rings is 2. The number of rotatable bonds is 4. The van der Waals surface area contributed by atoms with Gasteiger partial charge in [-0.25, -0.2) is 8.78 Å². The molecule has 0 aliphatic rings. The molecular weight excluding hydrogens is 248 g/mol. The van der Waals surface area contributed by atoms with Gasteiger partial charge in [0.15, 0.2) is 11.6 Å². The molecule has 2 N–H and O–H groups in total. The zero-order valence-corrected chi connectivity index (χ0v) is 10.6. The van der Waals surface area contributed by atoms with E-state index in [1.807, 2.05) is 0 Å². The quantitative estimate of drug-likeness (QED) is 0.915. The molecule has 0 saturated heterocycles. The number of halogens is 2. The molecule has 19 heavy (non-hydrogen) atoms. The first-order valence-electron chi connectivity index (χ1n) is 6.04. The molecule has 0 atom stereocenters. The van der Waals surface area contributed by atoms with E-state index in [-0.39, 0.29) is 5.75 Å². The van der Waals surface area contributed by atoms with Crippen LogP contribution in [0.1, 0.15) is 11.1 Å². The van der Waals surface area contributed by atoms with Crippen LogP contribution >= 0.6 is 0 Å². The standard InChI is InChI=1S/C15H15F2NO/c1-10-4-2-7-14(15(10)17)19-13-6-3-5-12(16)11(13)8-9-18/h2-7H,8-9,18H2,1H3. The molecule has 0 aliphatic carbocycles. The predicted octanol–water partition coefficient (Wildman–Crippen LogP) is 3.57. The SMILES string of the molecule is Cc1cccc(Oc2cccc(F)c2CCN)c1F. The van der Waals surface area contributed by atoms with Crippen LogP contribution in [0.25, 0.3) is 0 Å². The maximum absolute atomic E-state index is 13.9. The average molecular weight is 263 g/mol. The van der Waals surface area contributed by atoms with Gasteiger partial charge in [0.25, 0.3) is 0 Å². The lowest BCUT2D eigenvalue weighted by atomic mass is 10.1. The number of aryl methyl sites for hydroxylation is 1. The van der Waals surface area contributed by atoms with Crippen molar-refractivity contribution in [1.29, 1.82) is 0 Å². The lowest BCUT2D eigenvalue weighted by Gasteiger charge is -2.12. The highest BCUT2D eigenvalue weighted by Gasteiger charge is 2.12. The molecule has 4 heteroatoms. The van der Waals surface area contributed by atoms with Gasteiger partial charge in [0.2, 0.25) is 0 Å². The second-order valence-electron chi connectivity index (χ2n) is 4.24. The van der Waals surface area contributed by atoms with Crippen molar-refractivity contribution in [2.45, 2.75) is 13.3 Å². The Balaban J connectivity index is 2.38. The molecule has 2 aromatic carbocycles. The Bertz CT molecular complexity index is 584. The average Bonchev–Trinajstić information content (AvgIpc) is 2.39. The third-order valence-corrected chi connectivity index (χ3v) is 2.85. The lowest BCUT2D eigenvalue weighted by molar-refractivity contribution is 0.430. The Morgan fingerprint density at radius 3 is 2.47 bits per heavy atom. The van der Waals surface area contributed by atoms with Crippen molar-refractivity contribution in [3.8, 4) is 11.5 Å². The molecule has 100 valence electrons. The van der Waals surface area contributed by atoms with Gasteiger partial charge >= 0.3 is 0 Å². The van der Waals surface area contributed by atoms with Crippen LogP contribution in [0.4, 0.5) is 8.78 Å². The Labute approximate surface area is 110 Å². The summed E-state index contributed by atoms with van der Waals surface area (Å²) in [7, 11) is 0. The molecule has 0 fully saturated rings. The summed E-state index contributed by atoms with van der Waals surface area (Å²) >= 11 is 0. The molecule has 0 amide bonds. The first kappa shape index (κ1) is 13.5. The van der Waals surface area contributed by atoms with E-state index in [0.717, 1.165) is 0 Å². The first-order valence-corrected chi connectivity index (χ1v) is 6.04. The molecule has 0 bridgehead atoms. The fourth-order valence-electron chi connectivity index (χ4n) is 1.84. The highest BCUT2D eigenvalue weighted by molar-refractivity contribution is 5.40. The van der Waals surface area contributed by atoms with E-state index in [2.05, 4.69) is 0 Å². The summed E-state index contributed by atoms with van der Waals surface area (Å²) in [5, 5.41) is 0. The van der Waals surface area contributed by atoms with E-state index in [9.17, 15) is 8.78 Å². The zero-order valence-electron chi connectivity index (χ0n) is 10.6. The minimum atomic E-state index is -0.439. The molecule has 0 unspecified atom stereocenters. The number of hydrogen-bond donors (Lipinski definition) is 1. The Kier molecular flexibility index (Phi) is 4.12. The van der Waals surface area contributed by atoms with E-state index < -0.39 is 11.6 Å². The maximum atomic E-state index is 13.9. The highest BCUT2D eigenvalue weighted by atomic mass is 19.1. The van der Waals surface area contributed by atoms with Gasteiger partial charge in [-0.05, 0) is 43.7 Å². The number of hydrogen-bond acceptors (Lipinski definition) is 2. The normalized spacial score (nSPS) is 10.5. The molecule has 0 aromatic heterocycles. The van der Waals surface area contributed by atoms with Crippen molar-refractivity contribution in [3.63, 3.8) is 0 Å². The van der Waals surface area contributed by atoms with E-state index in [4.69, 9.17) is 10.5 Å². The fourth-order valence-corrected chi connectivity index (χ4v) is 1.84. The largest absolute Gasteiger partial charge is 0.454 e. The summed E-state index contributed by atoms with van der Waals surface area (Å²) in [6.45, 7) is 1.95. The third-order valence-electron chi connectivity index (χ3n) is 2.85. The maximum Gasteiger partial charge on any atom is 0.168 e. The van der Waals surface area contributed by atoms with Gasteiger partial charge in [0.05, 0.1) is 0 Å². The van der Waals surface area contributed by atoms with Crippen LogP contribution in [-0.2, 0) is 6.42 Å². The van der Waals surface area contributed by atoms with Gasteiger partial charge in [-0.2, -0.15) is 0 Å². The Hall–Kier alpha value is -1.94. The van der Waals surface area contributed by atoms with E-state index in [1.54, 1.807) is 25.1 Å². The molecule has 0 radical (unpaired) electrons. The summed E-state index contributed by atoms with van der Waals surface area (Å²) in [5.41, 5.74) is 6.30. The summed E-state index contributed by atoms with van der Waals surface area (Å²) in [5.74, 6) is -0.444. The van der Waals surface area contributed by atoms with Gasteiger partial charge in [0, 0.05) is 5.56 Å². The van der Waals surface area contributed by atoms with Crippen molar-refractivity contribution in [2.24, 2.45) is 5.73 Å². The van der Waals surface area contributed by atoms with E-state index >= 15 is 0 Å². The van der Waals surface area contributed by atoms with Crippen LogP contribution in [0.5, 0.6) is 11.5 Å².